The van der Waals surface area contributed by atoms with Crippen LogP contribution in [0.2, 0.25) is 0 Å². The van der Waals surface area contributed by atoms with Crippen molar-refractivity contribution in [2.24, 2.45) is 0 Å². The minimum Gasteiger partial charge on any atom is -0.308 e. The van der Waals surface area contributed by atoms with Gasteiger partial charge in [0.05, 0.1) is 44.9 Å². The van der Waals surface area contributed by atoms with Crippen molar-refractivity contribution >= 4 is 39.3 Å². The van der Waals surface area contributed by atoms with Gasteiger partial charge in [-0.25, -0.2) is 14.9 Å². The summed E-state index contributed by atoms with van der Waals surface area (Å²) in [7, 11) is 0. The number of anilines is 1. The average Bonchev–Trinajstić information content (AvgIpc) is 3.67. The molecule has 8 aromatic rings. The molecule has 9 rings (SSSR count). The fourth-order valence-corrected chi connectivity index (χ4v) is 7.03. The van der Waals surface area contributed by atoms with E-state index < -0.39 is 11.8 Å². The van der Waals surface area contributed by atoms with Gasteiger partial charge in [-0.3, -0.25) is 9.59 Å². The summed E-state index contributed by atoms with van der Waals surface area (Å²) in [6.07, 6.45) is 0. The van der Waals surface area contributed by atoms with E-state index in [1.54, 1.807) is 48.5 Å². The number of aromatic nitrogens is 3. The number of imide groups is 1. The van der Waals surface area contributed by atoms with Gasteiger partial charge in [0.1, 0.15) is 23.5 Å². The third-order valence-corrected chi connectivity index (χ3v) is 9.45. The molecule has 0 fully saturated rings. The van der Waals surface area contributed by atoms with Crippen LogP contribution in [0.5, 0.6) is 0 Å². The van der Waals surface area contributed by atoms with Gasteiger partial charge in [-0.2, -0.15) is 10.5 Å². The molecule has 5 aromatic carbocycles. The zero-order valence-electron chi connectivity index (χ0n) is 27.4. The van der Waals surface area contributed by atoms with Gasteiger partial charge in [-0.15, -0.1) is 0 Å². The van der Waals surface area contributed by atoms with Gasteiger partial charge in [0.2, 0.25) is 0 Å². The summed E-state index contributed by atoms with van der Waals surface area (Å²) in [4.78, 5) is 38.8. The number of carbonyl (C=O) groups is 2. The van der Waals surface area contributed by atoms with Gasteiger partial charge in [-0.05, 0) is 71.8 Å². The normalized spacial score (nSPS) is 12.2. The molecular weight excluding hydrogens is 645 g/mol. The number of benzene rings is 5. The van der Waals surface area contributed by atoms with E-state index in [0.29, 0.717) is 45.3 Å². The lowest BCUT2D eigenvalue weighted by Gasteiger charge is -2.15. The van der Waals surface area contributed by atoms with E-state index in [1.165, 1.54) is 4.90 Å². The fraction of sp³-hybridized carbons (Fsp3) is 0. The summed E-state index contributed by atoms with van der Waals surface area (Å²) < 4.78 is 2.01. The van der Waals surface area contributed by atoms with Crippen molar-refractivity contribution in [3.05, 3.63) is 168 Å². The third-order valence-electron chi connectivity index (χ3n) is 9.45. The Morgan fingerprint density at radius 1 is 0.500 bits per heavy atom. The first-order valence-electron chi connectivity index (χ1n) is 16.5. The molecule has 3 aromatic heterocycles. The highest BCUT2D eigenvalue weighted by Crippen LogP contribution is 2.40. The first-order valence-corrected chi connectivity index (χ1v) is 16.5. The molecule has 0 unspecified atom stereocenters. The number of rotatable bonds is 5. The Bertz CT molecular complexity index is 2750. The summed E-state index contributed by atoms with van der Waals surface area (Å²) >= 11 is 0. The van der Waals surface area contributed by atoms with Gasteiger partial charge in [0.25, 0.3) is 11.8 Å². The largest absolute Gasteiger partial charge is 0.308 e. The molecule has 0 spiro atoms. The lowest BCUT2D eigenvalue weighted by Crippen LogP contribution is -2.29. The smallest absolute Gasteiger partial charge is 0.268 e. The van der Waals surface area contributed by atoms with Crippen molar-refractivity contribution in [3.63, 3.8) is 0 Å². The molecule has 52 heavy (non-hydrogen) atoms. The zero-order valence-corrected chi connectivity index (χ0v) is 27.4. The van der Waals surface area contributed by atoms with E-state index in [4.69, 9.17) is 0 Å². The SMILES string of the molecule is N#Cc1cccc(-c2ccc3c4ccc(-c5cccc(C#N)n5)cc4n(-c4cccc5c4C(=O)N(c4ccc(-c6ccccc6)cc4)C5=O)c3c2)n1. The maximum absolute atomic E-state index is 14.5. The minimum absolute atomic E-state index is 0.295. The molecule has 0 aliphatic carbocycles. The van der Waals surface area contributed by atoms with Crippen LogP contribution in [0, 0.1) is 22.7 Å². The lowest BCUT2D eigenvalue weighted by atomic mass is 10.1. The number of hydrogen-bond acceptors (Lipinski definition) is 6. The van der Waals surface area contributed by atoms with Crippen molar-refractivity contribution in [1.29, 1.82) is 10.5 Å². The standard InChI is InChI=1S/C44H24N6O2/c45-25-31-9-4-12-37(47-31)29-17-21-34-35-22-18-30(38-13-5-10-32(26-46)48-38)24-41(35)50(40(34)23-29)39-14-6-11-36-42(39)44(52)49(43(36)51)33-19-15-28(16-20-33)27-7-2-1-3-8-27/h1-24H. The number of carbonyl (C=O) groups excluding carboxylic acids is 2. The number of nitrogens with zero attached hydrogens (tertiary/aromatic N) is 6. The Balaban J connectivity index is 1.25. The molecule has 0 radical (unpaired) electrons. The summed E-state index contributed by atoms with van der Waals surface area (Å²) in [5, 5.41) is 20.9. The highest BCUT2D eigenvalue weighted by Gasteiger charge is 2.39. The third kappa shape index (κ3) is 4.83. The number of fused-ring (bicyclic) bond motifs is 4. The van der Waals surface area contributed by atoms with Crippen molar-refractivity contribution < 1.29 is 9.59 Å². The molecule has 8 heteroatoms. The second kappa shape index (κ2) is 12.0. The van der Waals surface area contributed by atoms with Crippen molar-refractivity contribution in [1.82, 2.24) is 14.5 Å². The van der Waals surface area contributed by atoms with E-state index in [9.17, 15) is 20.1 Å². The van der Waals surface area contributed by atoms with Gasteiger partial charge in [0.15, 0.2) is 0 Å². The monoisotopic (exact) mass is 668 g/mol. The van der Waals surface area contributed by atoms with E-state index in [1.807, 2.05) is 102 Å². The second-order valence-corrected chi connectivity index (χ2v) is 12.4. The molecule has 0 atom stereocenters. The Hall–Kier alpha value is -7.68. The average molecular weight is 669 g/mol. The maximum Gasteiger partial charge on any atom is 0.268 e. The van der Waals surface area contributed by atoms with Crippen LogP contribution in [0.25, 0.3) is 61.1 Å². The van der Waals surface area contributed by atoms with Crippen LogP contribution in [0.3, 0.4) is 0 Å². The first-order chi connectivity index (χ1) is 25.5. The topological polar surface area (TPSA) is 116 Å². The van der Waals surface area contributed by atoms with E-state index >= 15 is 0 Å². The Morgan fingerprint density at radius 3 is 1.62 bits per heavy atom. The predicted molar refractivity (Wildman–Crippen MR) is 200 cm³/mol. The van der Waals surface area contributed by atoms with Crippen molar-refractivity contribution in [2.75, 3.05) is 4.90 Å². The lowest BCUT2D eigenvalue weighted by molar-refractivity contribution is 0.0926. The van der Waals surface area contributed by atoms with E-state index in [-0.39, 0.29) is 0 Å². The number of pyridine rings is 2. The highest BCUT2D eigenvalue weighted by molar-refractivity contribution is 6.35. The van der Waals surface area contributed by atoms with Crippen LogP contribution in [0.1, 0.15) is 32.1 Å². The van der Waals surface area contributed by atoms with Crippen LogP contribution in [0.4, 0.5) is 5.69 Å². The number of amides is 2. The molecule has 2 amide bonds. The Morgan fingerprint density at radius 2 is 1.04 bits per heavy atom. The van der Waals surface area contributed by atoms with Gasteiger partial charge in [0, 0.05) is 21.9 Å². The predicted octanol–water partition coefficient (Wildman–Crippen LogP) is 9.12. The summed E-state index contributed by atoms with van der Waals surface area (Å²) in [6.45, 7) is 0. The summed E-state index contributed by atoms with van der Waals surface area (Å²) in [6, 6.07) is 49.5. The molecule has 1 aliphatic rings. The van der Waals surface area contributed by atoms with Gasteiger partial charge >= 0.3 is 0 Å². The Labute approximate surface area is 297 Å². The molecule has 8 nitrogen and oxygen atoms in total. The Kier molecular flexibility index (Phi) is 7.03. The zero-order chi connectivity index (χ0) is 35.3. The van der Waals surface area contributed by atoms with Gasteiger partial charge in [-0.1, -0.05) is 84.9 Å². The summed E-state index contributed by atoms with van der Waals surface area (Å²) in [5.74, 6) is -0.816. The first kappa shape index (κ1) is 30.4. The van der Waals surface area contributed by atoms with E-state index in [0.717, 1.165) is 44.1 Å². The molecule has 0 saturated carbocycles. The second-order valence-electron chi connectivity index (χ2n) is 12.4. The highest BCUT2D eigenvalue weighted by atomic mass is 16.2. The van der Waals surface area contributed by atoms with Crippen LogP contribution in [0.15, 0.2) is 146 Å². The molecular formula is C44H24N6O2. The minimum atomic E-state index is -0.419. The van der Waals surface area contributed by atoms with Crippen molar-refractivity contribution in [2.45, 2.75) is 0 Å². The van der Waals surface area contributed by atoms with Crippen LogP contribution < -0.4 is 4.90 Å². The molecule has 4 heterocycles. The summed E-state index contributed by atoms with van der Waals surface area (Å²) in [5.41, 5.74) is 8.65. The molecule has 0 N–H and O–H groups in total. The maximum atomic E-state index is 14.5. The molecule has 0 saturated heterocycles. The van der Waals surface area contributed by atoms with E-state index in [2.05, 4.69) is 22.1 Å². The van der Waals surface area contributed by atoms with Crippen LogP contribution in [-0.2, 0) is 0 Å². The van der Waals surface area contributed by atoms with Crippen LogP contribution >= 0.6 is 0 Å². The molecule has 1 aliphatic heterocycles. The van der Waals surface area contributed by atoms with Crippen LogP contribution in [-0.4, -0.2) is 26.3 Å². The fourth-order valence-electron chi connectivity index (χ4n) is 7.03. The quantitative estimate of drug-likeness (QED) is 0.169. The van der Waals surface area contributed by atoms with Gasteiger partial charge < -0.3 is 4.57 Å². The van der Waals surface area contributed by atoms with Crippen molar-refractivity contribution in [3.8, 4) is 51.5 Å². The number of hydrogen-bond donors (Lipinski definition) is 0. The number of nitriles is 2. The molecule has 0 bridgehead atoms. The molecule has 242 valence electrons.